The second-order valence-electron chi connectivity index (χ2n) is 6.11. The number of nitrogens with two attached hydrogens (primary N) is 1. The summed E-state index contributed by atoms with van der Waals surface area (Å²) in [5.74, 6) is -0.495. The summed E-state index contributed by atoms with van der Waals surface area (Å²) in [4.78, 5) is 24.6. The highest BCUT2D eigenvalue weighted by Crippen LogP contribution is 2.23. The van der Waals surface area contributed by atoms with Crippen LogP contribution in [0.4, 0.5) is 0 Å². The van der Waals surface area contributed by atoms with E-state index in [4.69, 9.17) is 10.5 Å². The Morgan fingerprint density at radius 3 is 2.48 bits per heavy atom. The molecule has 5 nitrogen and oxygen atoms in total. The van der Waals surface area contributed by atoms with Gasteiger partial charge in [0.15, 0.2) is 0 Å². The summed E-state index contributed by atoms with van der Waals surface area (Å²) in [6, 6.07) is 9.21. The van der Waals surface area contributed by atoms with Gasteiger partial charge in [0.05, 0.1) is 6.61 Å². The molecule has 1 aromatic carbocycles. The fourth-order valence-electron chi connectivity index (χ4n) is 2.96. The molecule has 0 heterocycles. The smallest absolute Gasteiger partial charge is 0.328 e. The number of benzene rings is 1. The number of hydrogen-bond donors (Lipinski definition) is 2. The lowest BCUT2D eigenvalue weighted by molar-refractivity contribution is -0.148. The molecule has 1 fully saturated rings. The standard InChI is InChI=1S/C18H26N2O3/c1-2-23-18(22)16(12-13-6-4-3-5-7-13)20-17(21)14-8-10-15(19)11-9-14/h3-7,14-16H,2,8-12,19H2,1H3,(H,20,21). The van der Waals surface area contributed by atoms with Gasteiger partial charge in [0.1, 0.15) is 6.04 Å². The van der Waals surface area contributed by atoms with E-state index in [-0.39, 0.29) is 23.8 Å². The number of rotatable bonds is 6. The average molecular weight is 318 g/mol. The summed E-state index contributed by atoms with van der Waals surface area (Å²) >= 11 is 0. The lowest BCUT2D eigenvalue weighted by Gasteiger charge is -2.27. The van der Waals surface area contributed by atoms with Crippen LogP contribution in [-0.2, 0) is 20.7 Å². The van der Waals surface area contributed by atoms with Crippen molar-refractivity contribution in [1.29, 1.82) is 0 Å². The van der Waals surface area contributed by atoms with Crippen LogP contribution < -0.4 is 11.1 Å². The van der Waals surface area contributed by atoms with Crippen molar-refractivity contribution in [2.75, 3.05) is 6.61 Å². The SMILES string of the molecule is CCOC(=O)C(Cc1ccccc1)NC(=O)C1CCC(N)CC1. The molecular formula is C18H26N2O3. The Bertz CT molecular complexity index is 510. The van der Waals surface area contributed by atoms with Crippen molar-refractivity contribution < 1.29 is 14.3 Å². The molecule has 1 unspecified atom stereocenters. The molecule has 3 N–H and O–H groups in total. The fourth-order valence-corrected chi connectivity index (χ4v) is 2.96. The minimum Gasteiger partial charge on any atom is -0.464 e. The van der Waals surface area contributed by atoms with E-state index in [1.807, 2.05) is 30.3 Å². The zero-order valence-corrected chi connectivity index (χ0v) is 13.7. The summed E-state index contributed by atoms with van der Waals surface area (Å²) in [6.45, 7) is 2.07. The van der Waals surface area contributed by atoms with Gasteiger partial charge in [-0.05, 0) is 38.2 Å². The van der Waals surface area contributed by atoms with Crippen LogP contribution in [-0.4, -0.2) is 30.6 Å². The highest BCUT2D eigenvalue weighted by Gasteiger charge is 2.29. The van der Waals surface area contributed by atoms with Crippen LogP contribution in [0.2, 0.25) is 0 Å². The molecule has 0 aliphatic heterocycles. The van der Waals surface area contributed by atoms with Crippen molar-refractivity contribution in [1.82, 2.24) is 5.32 Å². The largest absolute Gasteiger partial charge is 0.464 e. The zero-order chi connectivity index (χ0) is 16.7. The van der Waals surface area contributed by atoms with Gasteiger partial charge in [-0.1, -0.05) is 30.3 Å². The van der Waals surface area contributed by atoms with Crippen LogP contribution in [0.3, 0.4) is 0 Å². The van der Waals surface area contributed by atoms with Crippen LogP contribution in [0.25, 0.3) is 0 Å². The van der Waals surface area contributed by atoms with Gasteiger partial charge in [0.25, 0.3) is 0 Å². The first-order chi connectivity index (χ1) is 11.1. The van der Waals surface area contributed by atoms with Gasteiger partial charge in [0, 0.05) is 18.4 Å². The molecule has 1 atom stereocenters. The number of carbonyl (C=O) groups excluding carboxylic acids is 2. The van der Waals surface area contributed by atoms with E-state index >= 15 is 0 Å². The minimum atomic E-state index is -0.638. The van der Waals surface area contributed by atoms with Crippen molar-refractivity contribution >= 4 is 11.9 Å². The van der Waals surface area contributed by atoms with Crippen LogP contribution in [0, 0.1) is 5.92 Å². The molecule has 1 amide bonds. The topological polar surface area (TPSA) is 81.4 Å². The van der Waals surface area contributed by atoms with Gasteiger partial charge in [0.2, 0.25) is 5.91 Å². The molecule has 0 bridgehead atoms. The van der Waals surface area contributed by atoms with Gasteiger partial charge in [-0.2, -0.15) is 0 Å². The van der Waals surface area contributed by atoms with Crippen molar-refractivity contribution in [3.8, 4) is 0 Å². The normalized spacial score (nSPS) is 22.2. The van der Waals surface area contributed by atoms with Crippen LogP contribution in [0.1, 0.15) is 38.2 Å². The van der Waals surface area contributed by atoms with E-state index in [1.54, 1.807) is 6.92 Å². The Morgan fingerprint density at radius 1 is 1.22 bits per heavy atom. The molecule has 0 saturated heterocycles. The van der Waals surface area contributed by atoms with Gasteiger partial charge in [-0.25, -0.2) is 4.79 Å². The Balaban J connectivity index is 1.99. The molecule has 5 heteroatoms. The number of esters is 1. The quantitative estimate of drug-likeness (QED) is 0.784. The molecule has 126 valence electrons. The van der Waals surface area contributed by atoms with Crippen LogP contribution in [0.5, 0.6) is 0 Å². The Hall–Kier alpha value is -1.88. The summed E-state index contributed by atoms with van der Waals surface area (Å²) in [7, 11) is 0. The lowest BCUT2D eigenvalue weighted by Crippen LogP contribution is -2.46. The third kappa shape index (κ3) is 5.36. The maximum atomic E-state index is 12.5. The van der Waals surface area contributed by atoms with E-state index in [1.165, 1.54) is 0 Å². The molecule has 0 spiro atoms. The van der Waals surface area contributed by atoms with Gasteiger partial charge in [-0.3, -0.25) is 4.79 Å². The number of carbonyl (C=O) groups is 2. The van der Waals surface area contributed by atoms with Gasteiger partial charge >= 0.3 is 5.97 Å². The second-order valence-corrected chi connectivity index (χ2v) is 6.11. The van der Waals surface area contributed by atoms with E-state index < -0.39 is 6.04 Å². The van der Waals surface area contributed by atoms with Crippen molar-refractivity contribution in [2.24, 2.45) is 11.7 Å². The predicted molar refractivity (Wildman–Crippen MR) is 88.6 cm³/mol. The molecule has 1 aromatic rings. The summed E-state index contributed by atoms with van der Waals surface area (Å²) < 4.78 is 5.11. The zero-order valence-electron chi connectivity index (χ0n) is 13.7. The third-order valence-corrected chi connectivity index (χ3v) is 4.31. The van der Waals surface area contributed by atoms with Crippen LogP contribution >= 0.6 is 0 Å². The summed E-state index contributed by atoms with van der Waals surface area (Å²) in [5, 5.41) is 2.88. The minimum absolute atomic E-state index is 0.0532. The average Bonchev–Trinajstić information content (AvgIpc) is 2.56. The first-order valence-electron chi connectivity index (χ1n) is 8.36. The van der Waals surface area contributed by atoms with E-state index in [2.05, 4.69) is 5.32 Å². The summed E-state index contributed by atoms with van der Waals surface area (Å²) in [6.07, 6.45) is 3.74. The van der Waals surface area contributed by atoms with Crippen molar-refractivity contribution in [2.45, 2.75) is 51.1 Å². The number of amides is 1. The van der Waals surface area contributed by atoms with Crippen LogP contribution in [0.15, 0.2) is 30.3 Å². The molecule has 1 saturated carbocycles. The molecule has 1 aliphatic rings. The van der Waals surface area contributed by atoms with Crippen molar-refractivity contribution in [3.63, 3.8) is 0 Å². The van der Waals surface area contributed by atoms with Crippen molar-refractivity contribution in [3.05, 3.63) is 35.9 Å². The Kier molecular flexibility index (Phi) is 6.59. The number of nitrogens with one attached hydrogen (secondary N) is 1. The Labute approximate surface area is 137 Å². The number of ether oxygens (including phenoxy) is 1. The maximum absolute atomic E-state index is 12.5. The molecule has 1 aliphatic carbocycles. The molecule has 23 heavy (non-hydrogen) atoms. The molecular weight excluding hydrogens is 292 g/mol. The van der Waals surface area contributed by atoms with E-state index in [0.717, 1.165) is 31.2 Å². The molecule has 0 radical (unpaired) electrons. The first-order valence-corrected chi connectivity index (χ1v) is 8.36. The number of hydrogen-bond acceptors (Lipinski definition) is 4. The predicted octanol–water partition coefficient (Wildman–Crippen LogP) is 1.79. The van der Waals surface area contributed by atoms with Gasteiger partial charge in [-0.15, -0.1) is 0 Å². The fraction of sp³-hybridized carbons (Fsp3) is 0.556. The maximum Gasteiger partial charge on any atom is 0.328 e. The van der Waals surface area contributed by atoms with E-state index in [9.17, 15) is 9.59 Å². The second kappa shape index (κ2) is 8.67. The first kappa shape index (κ1) is 17.5. The van der Waals surface area contributed by atoms with Gasteiger partial charge < -0.3 is 15.8 Å². The molecule has 2 rings (SSSR count). The third-order valence-electron chi connectivity index (χ3n) is 4.31. The summed E-state index contributed by atoms with van der Waals surface area (Å²) in [5.41, 5.74) is 6.88. The molecule has 0 aromatic heterocycles. The highest BCUT2D eigenvalue weighted by molar-refractivity contribution is 5.86. The Morgan fingerprint density at radius 2 is 1.87 bits per heavy atom. The lowest BCUT2D eigenvalue weighted by atomic mass is 9.85. The van der Waals surface area contributed by atoms with E-state index in [0.29, 0.717) is 13.0 Å². The highest BCUT2D eigenvalue weighted by atomic mass is 16.5. The monoisotopic (exact) mass is 318 g/mol.